The Bertz CT molecular complexity index is 1040. The summed E-state index contributed by atoms with van der Waals surface area (Å²) in [5.74, 6) is 2.45. The quantitative estimate of drug-likeness (QED) is 0.644. The maximum absolute atomic E-state index is 5.48. The summed E-state index contributed by atoms with van der Waals surface area (Å²) in [6.07, 6.45) is 0. The minimum absolute atomic E-state index is 0.281. The molecule has 1 fully saturated rings. The third-order valence-electron chi connectivity index (χ3n) is 6.03. The molecule has 156 valence electrons. The standard InChI is InChI=1S/C22H26N6O2/c1-16-4-3-5-19(17(16)2)27-10-8-26(9-11-27)14-22-23-24-25-28(22)13-18-6-7-20-21(12-18)30-15-29-20/h3-7,12H,8-11,13-15H2,1-2H3. The molecular weight excluding hydrogens is 380 g/mol. The van der Waals surface area contributed by atoms with Gasteiger partial charge in [-0.05, 0) is 59.2 Å². The Balaban J connectivity index is 1.22. The molecule has 2 aliphatic heterocycles. The van der Waals surface area contributed by atoms with E-state index in [0.29, 0.717) is 6.54 Å². The van der Waals surface area contributed by atoms with Gasteiger partial charge in [-0.2, -0.15) is 0 Å². The first-order chi connectivity index (χ1) is 14.7. The number of aryl methyl sites for hydroxylation is 1. The maximum Gasteiger partial charge on any atom is 0.231 e. The van der Waals surface area contributed by atoms with Crippen LogP contribution in [0, 0.1) is 13.8 Å². The molecule has 0 radical (unpaired) electrons. The van der Waals surface area contributed by atoms with E-state index in [1.54, 1.807) is 0 Å². The summed E-state index contributed by atoms with van der Waals surface area (Å²) in [7, 11) is 0. The predicted octanol–water partition coefficient (Wildman–Crippen LogP) is 2.39. The number of tetrazole rings is 1. The molecule has 0 saturated carbocycles. The van der Waals surface area contributed by atoms with Crippen molar-refractivity contribution in [3.63, 3.8) is 0 Å². The number of fused-ring (bicyclic) bond motifs is 1. The molecule has 30 heavy (non-hydrogen) atoms. The Morgan fingerprint density at radius 2 is 1.77 bits per heavy atom. The van der Waals surface area contributed by atoms with Gasteiger partial charge in [-0.3, -0.25) is 4.90 Å². The molecule has 5 rings (SSSR count). The number of hydrogen-bond acceptors (Lipinski definition) is 7. The predicted molar refractivity (Wildman–Crippen MR) is 113 cm³/mol. The van der Waals surface area contributed by atoms with E-state index in [9.17, 15) is 0 Å². The third-order valence-corrected chi connectivity index (χ3v) is 6.03. The molecule has 1 saturated heterocycles. The van der Waals surface area contributed by atoms with Crippen LogP contribution in [-0.2, 0) is 13.1 Å². The number of piperazine rings is 1. The summed E-state index contributed by atoms with van der Waals surface area (Å²) in [5.41, 5.74) is 5.16. The lowest BCUT2D eigenvalue weighted by Crippen LogP contribution is -2.46. The van der Waals surface area contributed by atoms with Gasteiger partial charge in [-0.25, -0.2) is 4.68 Å². The molecule has 0 N–H and O–H groups in total. The van der Waals surface area contributed by atoms with Gasteiger partial charge in [0.25, 0.3) is 0 Å². The normalized spacial score (nSPS) is 16.3. The van der Waals surface area contributed by atoms with Crippen molar-refractivity contribution in [3.8, 4) is 11.5 Å². The molecule has 2 aromatic carbocycles. The van der Waals surface area contributed by atoms with Crippen molar-refractivity contribution in [1.29, 1.82) is 0 Å². The Morgan fingerprint density at radius 1 is 0.933 bits per heavy atom. The fraction of sp³-hybridized carbons (Fsp3) is 0.409. The third kappa shape index (κ3) is 3.70. The minimum atomic E-state index is 0.281. The van der Waals surface area contributed by atoms with E-state index < -0.39 is 0 Å². The largest absolute Gasteiger partial charge is 0.454 e. The van der Waals surface area contributed by atoms with Crippen LogP contribution < -0.4 is 14.4 Å². The second-order valence-corrected chi connectivity index (χ2v) is 7.92. The van der Waals surface area contributed by atoms with Crippen molar-refractivity contribution in [2.75, 3.05) is 37.9 Å². The first-order valence-corrected chi connectivity index (χ1v) is 10.3. The van der Waals surface area contributed by atoms with E-state index >= 15 is 0 Å². The number of rotatable bonds is 5. The van der Waals surface area contributed by atoms with Gasteiger partial charge in [0.1, 0.15) is 0 Å². The first-order valence-electron chi connectivity index (χ1n) is 10.3. The van der Waals surface area contributed by atoms with Crippen LogP contribution in [0.1, 0.15) is 22.5 Å². The lowest BCUT2D eigenvalue weighted by molar-refractivity contribution is 0.174. The smallest absolute Gasteiger partial charge is 0.231 e. The highest BCUT2D eigenvalue weighted by molar-refractivity contribution is 5.56. The van der Waals surface area contributed by atoms with Gasteiger partial charge in [0, 0.05) is 31.9 Å². The van der Waals surface area contributed by atoms with E-state index in [0.717, 1.165) is 55.6 Å². The first kappa shape index (κ1) is 18.9. The highest BCUT2D eigenvalue weighted by atomic mass is 16.7. The van der Waals surface area contributed by atoms with Crippen LogP contribution in [0.25, 0.3) is 0 Å². The lowest BCUT2D eigenvalue weighted by atomic mass is 10.1. The zero-order valence-corrected chi connectivity index (χ0v) is 17.4. The van der Waals surface area contributed by atoms with E-state index in [1.165, 1.54) is 16.8 Å². The van der Waals surface area contributed by atoms with Gasteiger partial charge < -0.3 is 14.4 Å². The fourth-order valence-electron chi connectivity index (χ4n) is 4.10. The minimum Gasteiger partial charge on any atom is -0.454 e. The van der Waals surface area contributed by atoms with Crippen LogP contribution in [0.5, 0.6) is 11.5 Å². The van der Waals surface area contributed by atoms with Gasteiger partial charge >= 0.3 is 0 Å². The average molecular weight is 406 g/mol. The van der Waals surface area contributed by atoms with Crippen LogP contribution in [0.2, 0.25) is 0 Å². The zero-order valence-electron chi connectivity index (χ0n) is 17.4. The van der Waals surface area contributed by atoms with Crippen molar-refractivity contribution in [3.05, 3.63) is 58.9 Å². The SMILES string of the molecule is Cc1cccc(N2CCN(Cc3nnnn3Cc3ccc4c(c3)OCO4)CC2)c1C. The highest BCUT2D eigenvalue weighted by Gasteiger charge is 2.21. The molecule has 0 spiro atoms. The van der Waals surface area contributed by atoms with Crippen molar-refractivity contribution in [2.45, 2.75) is 26.9 Å². The van der Waals surface area contributed by atoms with E-state index in [2.05, 4.69) is 57.4 Å². The average Bonchev–Trinajstić information content (AvgIpc) is 3.40. The number of hydrogen-bond donors (Lipinski definition) is 0. The topological polar surface area (TPSA) is 68.5 Å². The van der Waals surface area contributed by atoms with E-state index in [4.69, 9.17) is 9.47 Å². The molecule has 0 aliphatic carbocycles. The highest BCUT2D eigenvalue weighted by Crippen LogP contribution is 2.32. The lowest BCUT2D eigenvalue weighted by Gasteiger charge is -2.36. The van der Waals surface area contributed by atoms with Gasteiger partial charge in [0.15, 0.2) is 17.3 Å². The summed E-state index contributed by atoms with van der Waals surface area (Å²) >= 11 is 0. The second-order valence-electron chi connectivity index (χ2n) is 7.92. The second kappa shape index (κ2) is 7.95. The van der Waals surface area contributed by atoms with Gasteiger partial charge in [-0.15, -0.1) is 5.10 Å². The summed E-state index contributed by atoms with van der Waals surface area (Å²) in [6.45, 7) is 10.0. The van der Waals surface area contributed by atoms with Gasteiger partial charge in [0.05, 0.1) is 13.1 Å². The van der Waals surface area contributed by atoms with Crippen molar-refractivity contribution >= 4 is 5.69 Å². The fourth-order valence-corrected chi connectivity index (χ4v) is 4.10. The molecule has 3 heterocycles. The number of nitrogens with zero attached hydrogens (tertiary/aromatic N) is 6. The number of benzene rings is 2. The monoisotopic (exact) mass is 406 g/mol. The summed E-state index contributed by atoms with van der Waals surface area (Å²) in [5, 5.41) is 12.4. The number of anilines is 1. The summed E-state index contributed by atoms with van der Waals surface area (Å²) in [4.78, 5) is 4.90. The molecule has 0 unspecified atom stereocenters. The van der Waals surface area contributed by atoms with Crippen LogP contribution in [0.4, 0.5) is 5.69 Å². The molecule has 2 aliphatic rings. The molecule has 3 aromatic rings. The van der Waals surface area contributed by atoms with Crippen LogP contribution in [0.3, 0.4) is 0 Å². The Morgan fingerprint density at radius 3 is 2.63 bits per heavy atom. The van der Waals surface area contributed by atoms with Crippen LogP contribution in [-0.4, -0.2) is 58.1 Å². The van der Waals surface area contributed by atoms with Gasteiger partial charge in [0.2, 0.25) is 6.79 Å². The van der Waals surface area contributed by atoms with Crippen LogP contribution in [0.15, 0.2) is 36.4 Å². The molecular formula is C22H26N6O2. The summed E-state index contributed by atoms with van der Waals surface area (Å²) < 4.78 is 12.7. The number of ether oxygens (including phenoxy) is 2. The molecule has 8 heteroatoms. The molecule has 8 nitrogen and oxygen atoms in total. The Kier molecular flexibility index (Phi) is 5.00. The van der Waals surface area contributed by atoms with Crippen LogP contribution >= 0.6 is 0 Å². The molecule has 0 bridgehead atoms. The molecule has 0 atom stereocenters. The van der Waals surface area contributed by atoms with Crippen molar-refractivity contribution in [1.82, 2.24) is 25.1 Å². The number of aromatic nitrogens is 4. The van der Waals surface area contributed by atoms with Crippen molar-refractivity contribution < 1.29 is 9.47 Å². The molecule has 1 aromatic heterocycles. The zero-order chi connectivity index (χ0) is 20.5. The van der Waals surface area contributed by atoms with Crippen molar-refractivity contribution in [2.24, 2.45) is 0 Å². The van der Waals surface area contributed by atoms with E-state index in [1.807, 2.05) is 22.9 Å². The van der Waals surface area contributed by atoms with E-state index in [-0.39, 0.29) is 6.79 Å². The maximum atomic E-state index is 5.48. The molecule has 0 amide bonds. The van der Waals surface area contributed by atoms with Gasteiger partial charge in [-0.1, -0.05) is 18.2 Å². The summed E-state index contributed by atoms with van der Waals surface area (Å²) in [6, 6.07) is 12.5. The Hall–Kier alpha value is -3.13. The Labute approximate surface area is 176 Å².